The van der Waals surface area contributed by atoms with Crippen LogP contribution in [-0.4, -0.2) is 24.0 Å². The minimum Gasteiger partial charge on any atom is -0.464 e. The van der Waals surface area contributed by atoms with E-state index in [1.807, 2.05) is 18.2 Å². The smallest absolute Gasteiger partial charge is 0.331 e. The van der Waals surface area contributed by atoms with Gasteiger partial charge in [0.25, 0.3) is 0 Å². The molecule has 1 saturated carbocycles. The second kappa shape index (κ2) is 9.61. The summed E-state index contributed by atoms with van der Waals surface area (Å²) in [5, 5.41) is 2.98. The van der Waals surface area contributed by atoms with Crippen molar-refractivity contribution in [2.75, 3.05) is 6.61 Å². The molecule has 0 spiro atoms. The molecule has 1 aliphatic carbocycles. The summed E-state index contributed by atoms with van der Waals surface area (Å²) in [6.07, 6.45) is 4.28. The molecule has 0 bridgehead atoms. The molecule has 0 aliphatic heterocycles. The van der Waals surface area contributed by atoms with Gasteiger partial charge in [0.15, 0.2) is 0 Å². The van der Waals surface area contributed by atoms with Gasteiger partial charge in [-0.1, -0.05) is 37.6 Å². The molecule has 1 N–H and O–H groups in total. The number of alkyl halides is 2. The zero-order chi connectivity index (χ0) is 19.2. The fourth-order valence-electron chi connectivity index (χ4n) is 3.62. The van der Waals surface area contributed by atoms with Gasteiger partial charge in [-0.3, -0.25) is 4.79 Å². The Hall–Kier alpha value is -1.26. The molecule has 1 fully saturated rings. The summed E-state index contributed by atoms with van der Waals surface area (Å²) < 4.78 is 5.27. The maximum Gasteiger partial charge on any atom is 0.331 e. The van der Waals surface area contributed by atoms with Crippen molar-refractivity contribution in [3.8, 4) is 0 Å². The van der Waals surface area contributed by atoms with Crippen LogP contribution in [0.3, 0.4) is 0 Å². The first kappa shape index (κ1) is 21.0. The van der Waals surface area contributed by atoms with Crippen LogP contribution in [-0.2, 0) is 20.7 Å². The van der Waals surface area contributed by atoms with Crippen LogP contribution >= 0.6 is 23.2 Å². The third kappa shape index (κ3) is 5.14. The van der Waals surface area contributed by atoms with Crippen molar-refractivity contribution < 1.29 is 14.3 Å². The highest BCUT2D eigenvalue weighted by molar-refractivity contribution is 6.44. The van der Waals surface area contributed by atoms with Crippen molar-refractivity contribution in [1.82, 2.24) is 5.32 Å². The second-order valence-corrected chi connectivity index (χ2v) is 7.97. The van der Waals surface area contributed by atoms with E-state index in [4.69, 9.17) is 27.9 Å². The second-order valence-electron chi connectivity index (χ2n) is 6.88. The highest BCUT2D eigenvalue weighted by Gasteiger charge is 2.44. The first-order valence-electron chi connectivity index (χ1n) is 9.26. The summed E-state index contributed by atoms with van der Waals surface area (Å²) in [6, 6.07) is 7.31. The van der Waals surface area contributed by atoms with Crippen LogP contribution in [0.15, 0.2) is 24.3 Å². The first-order chi connectivity index (χ1) is 12.4. The monoisotopic (exact) mass is 399 g/mol. The molecule has 0 saturated heterocycles. The van der Waals surface area contributed by atoms with E-state index < -0.39 is 10.4 Å². The largest absolute Gasteiger partial charge is 0.464 e. The first-order valence-corrected chi connectivity index (χ1v) is 10.1. The lowest BCUT2D eigenvalue weighted by Crippen LogP contribution is -2.57. The maximum absolute atomic E-state index is 12.7. The average Bonchev–Trinajstić information content (AvgIpc) is 2.62. The van der Waals surface area contributed by atoms with Gasteiger partial charge < -0.3 is 10.1 Å². The number of carbonyl (C=O) groups excluding carboxylic acids is 2. The minimum absolute atomic E-state index is 0.129. The van der Waals surface area contributed by atoms with Crippen LogP contribution in [0.25, 0.3) is 0 Å². The van der Waals surface area contributed by atoms with Gasteiger partial charge in [0.05, 0.1) is 13.0 Å². The van der Waals surface area contributed by atoms with Gasteiger partial charge >= 0.3 is 5.97 Å². The summed E-state index contributed by atoms with van der Waals surface area (Å²) in [5.41, 5.74) is 0.557. The zero-order valence-corrected chi connectivity index (χ0v) is 16.9. The molecule has 2 rings (SSSR count). The fraction of sp³-hybridized carbons (Fsp3) is 0.600. The molecule has 4 nitrogen and oxygen atoms in total. The van der Waals surface area contributed by atoms with E-state index in [0.29, 0.717) is 30.9 Å². The number of rotatable bonds is 7. The number of carbonyl (C=O) groups is 2. The average molecular weight is 400 g/mol. The molecule has 0 atom stereocenters. The molecule has 0 radical (unpaired) electrons. The highest BCUT2D eigenvalue weighted by atomic mass is 35.5. The molecule has 144 valence electrons. The van der Waals surface area contributed by atoms with Gasteiger partial charge in [0, 0.05) is 0 Å². The maximum atomic E-state index is 12.7. The van der Waals surface area contributed by atoms with Crippen molar-refractivity contribution >= 4 is 35.1 Å². The third-order valence-corrected chi connectivity index (χ3v) is 5.69. The Balaban J connectivity index is 2.13. The molecule has 0 heterocycles. The van der Waals surface area contributed by atoms with Crippen LogP contribution in [0.2, 0.25) is 0 Å². The molecule has 1 aromatic rings. The Morgan fingerprint density at radius 3 is 2.46 bits per heavy atom. The summed E-state index contributed by atoms with van der Waals surface area (Å²) in [5.74, 6) is 0.0571. The lowest BCUT2D eigenvalue weighted by Gasteiger charge is -2.38. The van der Waals surface area contributed by atoms with Crippen LogP contribution in [0.1, 0.15) is 61.9 Å². The Morgan fingerprint density at radius 1 is 1.23 bits per heavy atom. The molecule has 1 aromatic carbocycles. The Morgan fingerprint density at radius 2 is 1.88 bits per heavy atom. The van der Waals surface area contributed by atoms with Crippen LogP contribution in [0, 0.1) is 5.92 Å². The van der Waals surface area contributed by atoms with E-state index in [0.717, 1.165) is 24.8 Å². The van der Waals surface area contributed by atoms with E-state index in [9.17, 15) is 9.59 Å². The topological polar surface area (TPSA) is 55.4 Å². The summed E-state index contributed by atoms with van der Waals surface area (Å²) in [4.78, 5) is 24.6. The number of halogens is 2. The van der Waals surface area contributed by atoms with Crippen molar-refractivity contribution in [3.05, 3.63) is 35.4 Å². The van der Waals surface area contributed by atoms with E-state index in [1.165, 1.54) is 0 Å². The van der Waals surface area contributed by atoms with Crippen LogP contribution in [0.5, 0.6) is 0 Å². The summed E-state index contributed by atoms with van der Waals surface area (Å²) >= 11 is 12.0. The molecule has 1 aliphatic rings. The number of amides is 1. The Labute approximate surface area is 165 Å². The van der Waals surface area contributed by atoms with Gasteiger partial charge in [0.2, 0.25) is 5.91 Å². The van der Waals surface area contributed by atoms with Gasteiger partial charge in [0.1, 0.15) is 10.4 Å². The van der Waals surface area contributed by atoms with Crippen molar-refractivity contribution in [2.24, 2.45) is 5.92 Å². The highest BCUT2D eigenvalue weighted by Crippen LogP contribution is 2.35. The predicted molar refractivity (Wildman–Crippen MR) is 104 cm³/mol. The van der Waals surface area contributed by atoms with E-state index >= 15 is 0 Å². The number of ether oxygens (including phenoxy) is 1. The number of esters is 1. The quantitative estimate of drug-likeness (QED) is 0.532. The van der Waals surface area contributed by atoms with Crippen LogP contribution < -0.4 is 5.32 Å². The number of hydrogen-bond acceptors (Lipinski definition) is 3. The fourth-order valence-corrected chi connectivity index (χ4v) is 4.05. The molecule has 6 heteroatoms. The molecule has 0 unspecified atom stereocenters. The summed E-state index contributed by atoms with van der Waals surface area (Å²) in [6.45, 7) is 4.24. The van der Waals surface area contributed by atoms with Crippen molar-refractivity contribution in [1.29, 1.82) is 0 Å². The van der Waals surface area contributed by atoms with E-state index in [2.05, 4.69) is 12.2 Å². The van der Waals surface area contributed by atoms with E-state index in [1.54, 1.807) is 13.0 Å². The SMILES string of the molecule is CCOC(=O)C1(NC(=O)Cc2ccccc2C(Cl)Cl)CCC(CC)CC1. The zero-order valence-electron chi connectivity index (χ0n) is 15.4. The molecular weight excluding hydrogens is 373 g/mol. The van der Waals surface area contributed by atoms with Gasteiger partial charge in [-0.05, 0) is 49.7 Å². The van der Waals surface area contributed by atoms with Gasteiger partial charge in [-0.15, -0.1) is 23.2 Å². The van der Waals surface area contributed by atoms with E-state index in [-0.39, 0.29) is 18.3 Å². The molecule has 1 amide bonds. The normalized spacial score (nSPS) is 22.9. The lowest BCUT2D eigenvalue weighted by atomic mass is 9.75. The third-order valence-electron chi connectivity index (χ3n) is 5.22. The Kier molecular flexibility index (Phi) is 7.78. The number of benzene rings is 1. The lowest BCUT2D eigenvalue weighted by molar-refractivity contribution is -0.155. The predicted octanol–water partition coefficient (Wildman–Crippen LogP) is 4.72. The van der Waals surface area contributed by atoms with Crippen LogP contribution in [0.4, 0.5) is 0 Å². The molecule has 26 heavy (non-hydrogen) atoms. The number of hydrogen-bond donors (Lipinski definition) is 1. The molecular formula is C20H27Cl2NO3. The van der Waals surface area contributed by atoms with Gasteiger partial charge in [-0.25, -0.2) is 4.79 Å². The number of nitrogens with one attached hydrogen (secondary N) is 1. The molecule has 0 aromatic heterocycles. The Bertz CT molecular complexity index is 625. The summed E-state index contributed by atoms with van der Waals surface area (Å²) in [7, 11) is 0. The van der Waals surface area contributed by atoms with Gasteiger partial charge in [-0.2, -0.15) is 0 Å². The standard InChI is InChI=1S/C20H27Cl2NO3/c1-3-14-9-11-20(12-10-14,19(25)26-4-2)23-17(24)13-15-7-5-6-8-16(15)18(21)22/h5-8,14,18H,3-4,9-13H2,1-2H3,(H,23,24). The van der Waals surface area contributed by atoms with Crippen molar-refractivity contribution in [3.63, 3.8) is 0 Å². The minimum atomic E-state index is -0.922. The van der Waals surface area contributed by atoms with Crippen molar-refractivity contribution in [2.45, 2.75) is 62.7 Å².